The van der Waals surface area contributed by atoms with Crippen LogP contribution in [0.15, 0.2) is 18.2 Å². The van der Waals surface area contributed by atoms with Crippen LogP contribution in [0.5, 0.6) is 0 Å². The number of halogens is 3. The van der Waals surface area contributed by atoms with Gasteiger partial charge in [-0.1, -0.05) is 6.07 Å². The first-order valence-electron chi connectivity index (χ1n) is 4.25. The van der Waals surface area contributed by atoms with E-state index in [1.54, 1.807) is 0 Å². The zero-order valence-electron chi connectivity index (χ0n) is 8.59. The van der Waals surface area contributed by atoms with E-state index in [0.29, 0.717) is 5.56 Å². The molecule has 90 valence electrons. The van der Waals surface area contributed by atoms with Gasteiger partial charge in [-0.25, -0.2) is 8.42 Å². The molecule has 0 bridgehead atoms. The summed E-state index contributed by atoms with van der Waals surface area (Å²) in [5.41, 5.74) is -0.514. The van der Waals surface area contributed by atoms with Gasteiger partial charge >= 0.3 is 6.18 Å². The molecule has 0 heterocycles. The molecule has 0 aromatic heterocycles. The Morgan fingerprint density at radius 3 is 2.25 bits per heavy atom. The van der Waals surface area contributed by atoms with Crippen molar-refractivity contribution in [3.8, 4) is 0 Å². The number of alkyl halides is 3. The van der Waals surface area contributed by atoms with E-state index in [1.165, 1.54) is 13.0 Å². The zero-order chi connectivity index (χ0) is 12.6. The molecule has 0 saturated carbocycles. The second-order valence-electron chi connectivity index (χ2n) is 3.40. The third-order valence-electron chi connectivity index (χ3n) is 1.86. The lowest BCUT2D eigenvalue weighted by atomic mass is 10.1. The summed E-state index contributed by atoms with van der Waals surface area (Å²) in [4.78, 5) is 0. The van der Waals surface area contributed by atoms with Crippen LogP contribution in [0.4, 0.5) is 18.9 Å². The molecule has 0 amide bonds. The molecular formula is C9H10F3NO2S. The van der Waals surface area contributed by atoms with E-state index in [-0.39, 0.29) is 5.69 Å². The summed E-state index contributed by atoms with van der Waals surface area (Å²) in [5.74, 6) is 0. The van der Waals surface area contributed by atoms with E-state index in [4.69, 9.17) is 0 Å². The van der Waals surface area contributed by atoms with Crippen LogP contribution in [0.25, 0.3) is 0 Å². The summed E-state index contributed by atoms with van der Waals surface area (Å²) in [6.45, 7) is 1.52. The van der Waals surface area contributed by atoms with Crippen LogP contribution >= 0.6 is 0 Å². The van der Waals surface area contributed by atoms with Gasteiger partial charge in [-0.15, -0.1) is 0 Å². The Bertz CT molecular complexity index is 494. The smallest absolute Gasteiger partial charge is 0.284 e. The van der Waals surface area contributed by atoms with Crippen molar-refractivity contribution >= 4 is 15.7 Å². The van der Waals surface area contributed by atoms with Crippen molar-refractivity contribution in [2.75, 3.05) is 11.0 Å². The van der Waals surface area contributed by atoms with Gasteiger partial charge in [-0.3, -0.25) is 4.72 Å². The third kappa shape index (κ3) is 3.41. The van der Waals surface area contributed by atoms with E-state index in [1.807, 2.05) is 4.72 Å². The average molecular weight is 253 g/mol. The Labute approximate surface area is 91.3 Å². The van der Waals surface area contributed by atoms with Gasteiger partial charge in [0.15, 0.2) is 0 Å². The molecule has 0 spiro atoms. The number of anilines is 1. The maximum absolute atomic E-state index is 12.4. The number of hydrogen-bond acceptors (Lipinski definition) is 2. The minimum Gasteiger partial charge on any atom is -0.284 e. The van der Waals surface area contributed by atoms with Crippen molar-refractivity contribution in [2.24, 2.45) is 0 Å². The predicted octanol–water partition coefficient (Wildman–Crippen LogP) is 2.39. The molecule has 16 heavy (non-hydrogen) atoms. The van der Waals surface area contributed by atoms with E-state index in [0.717, 1.165) is 18.4 Å². The van der Waals surface area contributed by atoms with Gasteiger partial charge in [0.05, 0.1) is 17.5 Å². The molecule has 0 aliphatic heterocycles. The Morgan fingerprint density at radius 2 is 1.81 bits per heavy atom. The van der Waals surface area contributed by atoms with Crippen molar-refractivity contribution in [3.63, 3.8) is 0 Å². The summed E-state index contributed by atoms with van der Waals surface area (Å²) in [5, 5.41) is 0. The Balaban J connectivity index is 3.20. The highest BCUT2D eigenvalue weighted by Crippen LogP contribution is 2.32. The first-order valence-corrected chi connectivity index (χ1v) is 6.14. The van der Waals surface area contributed by atoms with Crippen LogP contribution in [-0.2, 0) is 16.2 Å². The molecule has 1 aromatic carbocycles. The van der Waals surface area contributed by atoms with Crippen LogP contribution in [0.3, 0.4) is 0 Å². The van der Waals surface area contributed by atoms with Crippen molar-refractivity contribution in [2.45, 2.75) is 13.1 Å². The summed E-state index contributed by atoms with van der Waals surface area (Å²) in [7, 11) is -3.58. The van der Waals surface area contributed by atoms with E-state index < -0.39 is 21.8 Å². The number of benzene rings is 1. The average Bonchev–Trinajstić information content (AvgIpc) is 2.04. The monoisotopic (exact) mass is 253 g/mol. The van der Waals surface area contributed by atoms with Crippen molar-refractivity contribution < 1.29 is 21.6 Å². The number of rotatable bonds is 2. The maximum Gasteiger partial charge on any atom is 0.416 e. The fourth-order valence-electron chi connectivity index (χ4n) is 1.11. The highest BCUT2D eigenvalue weighted by Gasteiger charge is 2.30. The fourth-order valence-corrected chi connectivity index (χ4v) is 1.73. The predicted molar refractivity (Wildman–Crippen MR) is 54.6 cm³/mol. The second kappa shape index (κ2) is 3.97. The number of aryl methyl sites for hydroxylation is 1. The standard InChI is InChI=1S/C9H10F3NO2S/c1-6-3-4-7(9(10,11)12)5-8(6)13-16(2,14)15/h3-5,13H,1-2H3. The van der Waals surface area contributed by atoms with Gasteiger partial charge in [0.1, 0.15) is 0 Å². The molecule has 0 saturated heterocycles. The Kier molecular flexibility index (Phi) is 3.18. The Hall–Kier alpha value is -1.24. The lowest BCUT2D eigenvalue weighted by molar-refractivity contribution is -0.137. The summed E-state index contributed by atoms with van der Waals surface area (Å²) >= 11 is 0. The molecule has 1 rings (SSSR count). The van der Waals surface area contributed by atoms with Crippen molar-refractivity contribution in [1.29, 1.82) is 0 Å². The first-order chi connectivity index (χ1) is 7.09. The second-order valence-corrected chi connectivity index (χ2v) is 5.15. The van der Waals surface area contributed by atoms with Crippen LogP contribution in [0.1, 0.15) is 11.1 Å². The number of sulfonamides is 1. The van der Waals surface area contributed by atoms with Crippen LogP contribution < -0.4 is 4.72 Å². The largest absolute Gasteiger partial charge is 0.416 e. The van der Waals surface area contributed by atoms with Gasteiger partial charge in [0.2, 0.25) is 10.0 Å². The quantitative estimate of drug-likeness (QED) is 0.879. The minimum atomic E-state index is -4.48. The molecule has 0 fully saturated rings. The summed E-state index contributed by atoms with van der Waals surface area (Å²) in [6, 6.07) is 2.90. The molecule has 1 aromatic rings. The SMILES string of the molecule is Cc1ccc(C(F)(F)F)cc1NS(C)(=O)=O. The first kappa shape index (κ1) is 12.8. The third-order valence-corrected chi connectivity index (χ3v) is 2.45. The van der Waals surface area contributed by atoms with Gasteiger partial charge < -0.3 is 0 Å². The van der Waals surface area contributed by atoms with Crippen LogP contribution in [-0.4, -0.2) is 14.7 Å². The van der Waals surface area contributed by atoms with Crippen LogP contribution in [0, 0.1) is 6.92 Å². The normalized spacial score (nSPS) is 12.6. The molecule has 0 atom stereocenters. The minimum absolute atomic E-state index is 0.0580. The lowest BCUT2D eigenvalue weighted by Gasteiger charge is -2.11. The molecule has 0 unspecified atom stereocenters. The van der Waals surface area contributed by atoms with Gasteiger partial charge in [0.25, 0.3) is 0 Å². The number of nitrogens with one attached hydrogen (secondary N) is 1. The van der Waals surface area contributed by atoms with E-state index in [9.17, 15) is 21.6 Å². The lowest BCUT2D eigenvalue weighted by Crippen LogP contribution is -2.12. The van der Waals surface area contributed by atoms with Gasteiger partial charge in [0, 0.05) is 0 Å². The van der Waals surface area contributed by atoms with Crippen molar-refractivity contribution in [3.05, 3.63) is 29.3 Å². The molecule has 0 aliphatic rings. The van der Waals surface area contributed by atoms with Crippen LogP contribution in [0.2, 0.25) is 0 Å². The molecule has 0 aliphatic carbocycles. The molecular weight excluding hydrogens is 243 g/mol. The summed E-state index contributed by atoms with van der Waals surface area (Å²) in [6.07, 6.45) is -3.60. The number of hydrogen-bond donors (Lipinski definition) is 1. The van der Waals surface area contributed by atoms with Crippen molar-refractivity contribution in [1.82, 2.24) is 0 Å². The molecule has 0 radical (unpaired) electrons. The topological polar surface area (TPSA) is 46.2 Å². The summed E-state index contributed by atoms with van der Waals surface area (Å²) < 4.78 is 60.9. The molecule has 1 N–H and O–H groups in total. The maximum atomic E-state index is 12.4. The fraction of sp³-hybridized carbons (Fsp3) is 0.333. The van der Waals surface area contributed by atoms with E-state index >= 15 is 0 Å². The van der Waals surface area contributed by atoms with E-state index in [2.05, 4.69) is 0 Å². The molecule has 3 nitrogen and oxygen atoms in total. The molecule has 7 heteroatoms. The highest BCUT2D eigenvalue weighted by atomic mass is 32.2. The van der Waals surface area contributed by atoms with Gasteiger partial charge in [-0.2, -0.15) is 13.2 Å². The Morgan fingerprint density at radius 1 is 1.25 bits per heavy atom. The van der Waals surface area contributed by atoms with Gasteiger partial charge in [-0.05, 0) is 24.6 Å². The zero-order valence-corrected chi connectivity index (χ0v) is 9.41. The highest BCUT2D eigenvalue weighted by molar-refractivity contribution is 7.92.